The van der Waals surface area contributed by atoms with Crippen molar-refractivity contribution in [3.05, 3.63) is 12.2 Å². The Morgan fingerprint density at radius 1 is 1.33 bits per heavy atom. The first-order chi connectivity index (χ1) is 9.86. The first-order valence-corrected chi connectivity index (χ1v) is 7.76. The lowest BCUT2D eigenvalue weighted by Crippen LogP contribution is -2.43. The fourth-order valence-corrected chi connectivity index (χ4v) is 1.68. The Morgan fingerprint density at radius 2 is 2.00 bits per heavy atom. The maximum Gasteiger partial charge on any atom is 0.243 e. The minimum absolute atomic E-state index is 0.00920. The van der Waals surface area contributed by atoms with E-state index in [0.29, 0.717) is 18.5 Å². The van der Waals surface area contributed by atoms with Crippen LogP contribution in [0.4, 0.5) is 0 Å². The fraction of sp³-hybridized carbons (Fsp3) is 0.750. The van der Waals surface area contributed by atoms with Crippen molar-refractivity contribution >= 4 is 11.9 Å². The number of likely N-dealkylation sites (N-methyl/N-ethyl adjacent to an activating group) is 1. The Balaban J connectivity index is 4.46. The number of hydrogen-bond acceptors (Lipinski definition) is 2. The zero-order chi connectivity index (χ0) is 16.3. The molecule has 0 spiro atoms. The molecule has 0 heterocycles. The maximum absolute atomic E-state index is 11.6. The van der Waals surface area contributed by atoms with Gasteiger partial charge in [0.15, 0.2) is 5.96 Å². The molecule has 0 saturated carbocycles. The van der Waals surface area contributed by atoms with Gasteiger partial charge in [-0.1, -0.05) is 38.3 Å². The van der Waals surface area contributed by atoms with Crippen LogP contribution < -0.4 is 10.6 Å². The van der Waals surface area contributed by atoms with Crippen LogP contribution >= 0.6 is 0 Å². The lowest BCUT2D eigenvalue weighted by Gasteiger charge is -2.18. The van der Waals surface area contributed by atoms with Gasteiger partial charge in [0.2, 0.25) is 5.91 Å². The highest BCUT2D eigenvalue weighted by molar-refractivity contribution is 5.85. The van der Waals surface area contributed by atoms with Crippen LogP contribution in [0.2, 0.25) is 0 Å². The van der Waals surface area contributed by atoms with Crippen LogP contribution in [0, 0.1) is 0 Å². The van der Waals surface area contributed by atoms with Gasteiger partial charge >= 0.3 is 0 Å². The Bertz CT molecular complexity index is 350. The number of amides is 1. The largest absolute Gasteiger partial charge is 0.354 e. The Kier molecular flexibility index (Phi) is 10.4. The van der Waals surface area contributed by atoms with Gasteiger partial charge in [-0.05, 0) is 20.3 Å². The summed E-state index contributed by atoms with van der Waals surface area (Å²) in [5.41, 5.74) is 1.03. The second-order valence-corrected chi connectivity index (χ2v) is 5.80. The number of guanidine groups is 1. The van der Waals surface area contributed by atoms with Gasteiger partial charge in [0.05, 0.1) is 0 Å². The van der Waals surface area contributed by atoms with E-state index < -0.39 is 0 Å². The highest BCUT2D eigenvalue weighted by atomic mass is 16.2. The molecule has 0 radical (unpaired) electrons. The summed E-state index contributed by atoms with van der Waals surface area (Å²) in [5, 5.41) is 6.56. The Labute approximate surface area is 129 Å². The summed E-state index contributed by atoms with van der Waals surface area (Å²) < 4.78 is 0. The van der Waals surface area contributed by atoms with E-state index in [1.165, 1.54) is 19.3 Å². The molecular weight excluding hydrogens is 264 g/mol. The third kappa shape index (κ3) is 10.9. The molecule has 0 aromatic rings. The maximum atomic E-state index is 11.6. The van der Waals surface area contributed by atoms with Crippen LogP contribution in [-0.4, -0.2) is 50.0 Å². The average molecular weight is 296 g/mol. The molecule has 5 heteroatoms. The van der Waals surface area contributed by atoms with Crippen molar-refractivity contribution in [3.63, 3.8) is 0 Å². The highest BCUT2D eigenvalue weighted by Crippen LogP contribution is 2.02. The van der Waals surface area contributed by atoms with Gasteiger partial charge in [-0.3, -0.25) is 4.79 Å². The van der Waals surface area contributed by atoms with Gasteiger partial charge in [-0.15, -0.1) is 0 Å². The predicted molar refractivity (Wildman–Crippen MR) is 90.6 cm³/mol. The number of unbranched alkanes of at least 4 members (excludes halogenated alkanes) is 2. The van der Waals surface area contributed by atoms with Crippen molar-refractivity contribution in [2.75, 3.05) is 27.2 Å². The molecule has 1 atom stereocenters. The molecule has 0 bridgehead atoms. The minimum Gasteiger partial charge on any atom is -0.354 e. The van der Waals surface area contributed by atoms with E-state index in [0.717, 1.165) is 12.0 Å². The molecule has 0 rings (SSSR count). The van der Waals surface area contributed by atoms with Gasteiger partial charge in [-0.2, -0.15) is 0 Å². The molecule has 0 fully saturated rings. The van der Waals surface area contributed by atoms with E-state index in [-0.39, 0.29) is 12.5 Å². The molecule has 0 aliphatic heterocycles. The summed E-state index contributed by atoms with van der Waals surface area (Å²) in [4.78, 5) is 17.5. The number of carbonyl (C=O) groups excluding carboxylic acids is 1. The first-order valence-electron chi connectivity index (χ1n) is 7.76. The number of hydrogen-bond donors (Lipinski definition) is 2. The van der Waals surface area contributed by atoms with Gasteiger partial charge < -0.3 is 15.5 Å². The molecule has 0 saturated heterocycles. The van der Waals surface area contributed by atoms with Crippen molar-refractivity contribution < 1.29 is 4.79 Å². The molecule has 21 heavy (non-hydrogen) atoms. The Hall–Kier alpha value is -1.52. The molecule has 1 amide bonds. The van der Waals surface area contributed by atoms with Crippen molar-refractivity contribution in [1.29, 1.82) is 0 Å². The molecule has 5 nitrogen and oxygen atoms in total. The van der Waals surface area contributed by atoms with E-state index in [2.05, 4.69) is 36.1 Å². The highest BCUT2D eigenvalue weighted by Gasteiger charge is 2.07. The zero-order valence-corrected chi connectivity index (χ0v) is 14.3. The Morgan fingerprint density at radius 3 is 2.52 bits per heavy atom. The van der Waals surface area contributed by atoms with E-state index >= 15 is 0 Å². The number of nitrogens with one attached hydrogen (secondary N) is 2. The fourth-order valence-electron chi connectivity index (χ4n) is 1.68. The molecule has 0 aromatic heterocycles. The molecule has 0 aliphatic rings. The standard InChI is InChI=1S/C16H32N4O/c1-7-8-9-10-14(4)19-16(17-11-13(2)3)18-12-15(21)20(5)6/h14H,2,7-12H2,1,3-6H3,(H2,17,18,19). The van der Waals surface area contributed by atoms with Gasteiger partial charge in [0.1, 0.15) is 6.54 Å². The zero-order valence-electron chi connectivity index (χ0n) is 14.3. The van der Waals surface area contributed by atoms with Crippen LogP contribution in [0.1, 0.15) is 46.5 Å². The van der Waals surface area contributed by atoms with Crippen LogP contribution in [0.5, 0.6) is 0 Å². The average Bonchev–Trinajstić information content (AvgIpc) is 2.41. The second kappa shape index (κ2) is 11.2. The normalized spacial score (nSPS) is 12.7. The summed E-state index contributed by atoms with van der Waals surface area (Å²) in [6.45, 7) is 11.0. The van der Waals surface area contributed by atoms with Crippen LogP contribution in [-0.2, 0) is 4.79 Å². The lowest BCUT2D eigenvalue weighted by molar-refractivity contribution is -0.127. The summed E-state index contributed by atoms with van der Waals surface area (Å²) in [7, 11) is 3.47. The van der Waals surface area contributed by atoms with E-state index in [1.54, 1.807) is 19.0 Å². The smallest absolute Gasteiger partial charge is 0.243 e. The van der Waals surface area contributed by atoms with Gasteiger partial charge in [0.25, 0.3) is 0 Å². The number of nitrogens with zero attached hydrogens (tertiary/aromatic N) is 2. The third-order valence-corrected chi connectivity index (χ3v) is 3.05. The van der Waals surface area contributed by atoms with Crippen LogP contribution in [0.25, 0.3) is 0 Å². The van der Waals surface area contributed by atoms with Gasteiger partial charge in [-0.25, -0.2) is 4.99 Å². The summed E-state index contributed by atoms with van der Waals surface area (Å²) in [6.07, 6.45) is 4.77. The topological polar surface area (TPSA) is 56.7 Å². The van der Waals surface area contributed by atoms with Crippen molar-refractivity contribution in [2.24, 2.45) is 4.99 Å². The van der Waals surface area contributed by atoms with Crippen molar-refractivity contribution in [1.82, 2.24) is 15.5 Å². The predicted octanol–water partition coefficient (Wildman–Crippen LogP) is 2.15. The minimum atomic E-state index is -0.00920. The second-order valence-electron chi connectivity index (χ2n) is 5.80. The molecule has 1 unspecified atom stereocenters. The summed E-state index contributed by atoms with van der Waals surface area (Å²) in [5.74, 6) is 0.669. The van der Waals surface area contributed by atoms with Crippen molar-refractivity contribution in [2.45, 2.75) is 52.5 Å². The van der Waals surface area contributed by atoms with E-state index in [9.17, 15) is 4.79 Å². The summed E-state index contributed by atoms with van der Waals surface area (Å²) in [6, 6.07) is 0.336. The van der Waals surface area contributed by atoms with Gasteiger partial charge in [0, 0.05) is 26.7 Å². The third-order valence-electron chi connectivity index (χ3n) is 3.05. The molecule has 0 aliphatic carbocycles. The lowest BCUT2D eigenvalue weighted by atomic mass is 10.1. The number of rotatable bonds is 9. The SMILES string of the molecule is C=C(C)CNC(=NCC(=O)N(C)C)NC(C)CCCCC. The molecule has 122 valence electrons. The molecular formula is C16H32N4O. The number of carbonyl (C=O) groups is 1. The molecule has 2 N–H and O–H groups in total. The molecule has 0 aromatic carbocycles. The van der Waals surface area contributed by atoms with Crippen molar-refractivity contribution in [3.8, 4) is 0 Å². The first kappa shape index (κ1) is 19.5. The van der Waals surface area contributed by atoms with Crippen LogP contribution in [0.3, 0.4) is 0 Å². The van der Waals surface area contributed by atoms with E-state index in [1.807, 2.05) is 6.92 Å². The van der Waals surface area contributed by atoms with Crippen LogP contribution in [0.15, 0.2) is 17.1 Å². The monoisotopic (exact) mass is 296 g/mol. The van der Waals surface area contributed by atoms with E-state index in [4.69, 9.17) is 0 Å². The summed E-state index contributed by atoms with van der Waals surface area (Å²) >= 11 is 0. The quantitative estimate of drug-likeness (QED) is 0.297. The number of aliphatic imine (C=N–C) groups is 1.